The van der Waals surface area contributed by atoms with E-state index in [2.05, 4.69) is 4.98 Å². The Kier molecular flexibility index (Phi) is 9.28. The van der Waals surface area contributed by atoms with Gasteiger partial charge >= 0.3 is 15.2 Å². The summed E-state index contributed by atoms with van der Waals surface area (Å²) in [7, 11) is -10.2. The maximum atomic E-state index is 13.0. The molecule has 2 heterocycles. The maximum Gasteiger partial charge on any atom is 0.374 e. The first-order valence-electron chi connectivity index (χ1n) is 13.1. The number of hydrogen-bond donors (Lipinski definition) is 3. The molecular weight excluding hydrogens is 548 g/mol. The monoisotopic (exact) mass is 583 g/mol. The Morgan fingerprint density at radius 1 is 0.974 bits per heavy atom. The molecule has 2 unspecified atom stereocenters. The number of aliphatic hydroxyl groups is 1. The normalized spacial score (nSPS) is 30.6. The van der Waals surface area contributed by atoms with Gasteiger partial charge in [0.05, 0.1) is 26.1 Å². The fourth-order valence-corrected chi connectivity index (χ4v) is 8.59. The van der Waals surface area contributed by atoms with Gasteiger partial charge in [-0.1, -0.05) is 62.4 Å². The molecule has 1 aliphatic carbocycles. The summed E-state index contributed by atoms with van der Waals surface area (Å²) in [5.41, 5.74) is 0.361. The van der Waals surface area contributed by atoms with Crippen LogP contribution in [0.1, 0.15) is 68.9 Å². The Bertz CT molecular complexity index is 1220. The van der Waals surface area contributed by atoms with E-state index < -0.39 is 45.6 Å². The summed E-state index contributed by atoms with van der Waals surface area (Å²) < 4.78 is 37.4. The van der Waals surface area contributed by atoms with Crippen LogP contribution in [0.15, 0.2) is 48.6 Å². The highest BCUT2D eigenvalue weighted by atomic mass is 31.2. The number of rotatable bonds is 5. The van der Waals surface area contributed by atoms with Crippen molar-refractivity contribution in [1.82, 2.24) is 9.55 Å². The molecule has 2 aromatic rings. The first-order chi connectivity index (χ1) is 18.5. The third-order valence-electron chi connectivity index (χ3n) is 7.56. The largest absolute Gasteiger partial charge is 0.374 e. The van der Waals surface area contributed by atoms with Crippen molar-refractivity contribution in [2.24, 2.45) is 0 Å². The summed E-state index contributed by atoms with van der Waals surface area (Å²) in [6.07, 6.45) is 13.3. The van der Waals surface area contributed by atoms with Crippen LogP contribution in [0.4, 0.5) is 0 Å². The number of nitrogens with zero attached hydrogens (tertiary/aromatic N) is 3. The van der Waals surface area contributed by atoms with Gasteiger partial charge in [0.1, 0.15) is 0 Å². The molecule has 2 aliphatic rings. The van der Waals surface area contributed by atoms with Crippen LogP contribution in [-0.2, 0) is 30.3 Å². The molecule has 1 aliphatic heterocycles. The first kappa shape index (κ1) is 29.8. The lowest BCUT2D eigenvalue weighted by atomic mass is 9.79. The number of imidazole rings is 1. The second-order valence-electron chi connectivity index (χ2n) is 10.3. The lowest BCUT2D eigenvalue weighted by Gasteiger charge is -2.36. The zero-order valence-electron chi connectivity index (χ0n) is 21.6. The van der Waals surface area contributed by atoms with Gasteiger partial charge < -0.3 is 28.5 Å². The molecule has 1 saturated heterocycles. The van der Waals surface area contributed by atoms with Crippen LogP contribution < -0.4 is 0 Å². The van der Waals surface area contributed by atoms with E-state index in [-0.39, 0.29) is 10.5 Å². The van der Waals surface area contributed by atoms with Gasteiger partial charge in [0.2, 0.25) is 5.54 Å². The minimum atomic E-state index is -5.09. The van der Waals surface area contributed by atoms with Crippen LogP contribution >= 0.6 is 15.2 Å². The number of aromatic nitrogens is 2. The highest BCUT2D eigenvalue weighted by Crippen LogP contribution is 2.73. The van der Waals surface area contributed by atoms with Crippen molar-refractivity contribution in [3.05, 3.63) is 69.8 Å². The van der Waals surface area contributed by atoms with E-state index in [1.165, 1.54) is 29.7 Å². The van der Waals surface area contributed by atoms with Gasteiger partial charge in [0.15, 0.2) is 0 Å². The lowest BCUT2D eigenvalue weighted by Crippen LogP contribution is -2.37. The Labute approximate surface area is 226 Å². The second-order valence-corrected chi connectivity index (χ2v) is 14.7. The van der Waals surface area contributed by atoms with Crippen molar-refractivity contribution in [3.8, 4) is 0 Å². The summed E-state index contributed by atoms with van der Waals surface area (Å²) in [4.78, 5) is 36.9. The SMILES string of the molecule is O=[N+]([O-])C1(c2ccc(C=C3COP(=O)(O)C(O)(Cn4ccnc4)P(=O)(O)OC3)cc2)CCCCCCCCC1. The summed E-state index contributed by atoms with van der Waals surface area (Å²) in [5.74, 6) is 0. The molecule has 0 bridgehead atoms. The van der Waals surface area contributed by atoms with E-state index >= 15 is 0 Å². The van der Waals surface area contributed by atoms with Crippen molar-refractivity contribution >= 4 is 21.3 Å². The zero-order chi connectivity index (χ0) is 28.2. The molecule has 1 aromatic carbocycles. The van der Waals surface area contributed by atoms with Gasteiger partial charge in [0.25, 0.3) is 5.08 Å². The molecular formula is C25H35N3O9P2. The molecule has 3 N–H and O–H groups in total. The minimum Gasteiger partial charge on any atom is -0.366 e. The summed E-state index contributed by atoms with van der Waals surface area (Å²) in [6, 6.07) is 6.86. The Morgan fingerprint density at radius 2 is 1.51 bits per heavy atom. The fraction of sp³-hybridized carbons (Fsp3) is 0.560. The van der Waals surface area contributed by atoms with E-state index in [4.69, 9.17) is 9.05 Å². The van der Waals surface area contributed by atoms with Gasteiger partial charge in [-0.05, 0) is 24.0 Å². The average Bonchev–Trinajstić information content (AvgIpc) is 3.41. The van der Waals surface area contributed by atoms with Gasteiger partial charge in [-0.2, -0.15) is 0 Å². The summed E-state index contributed by atoms with van der Waals surface area (Å²) >= 11 is 0. The average molecular weight is 584 g/mol. The topological polar surface area (TPSA) is 174 Å². The minimum absolute atomic E-state index is 0.152. The molecule has 2 fully saturated rings. The molecule has 214 valence electrons. The second kappa shape index (κ2) is 12.1. The van der Waals surface area contributed by atoms with E-state index in [1.807, 2.05) is 0 Å². The van der Waals surface area contributed by atoms with Gasteiger partial charge in [-0.25, -0.2) is 4.98 Å². The third kappa shape index (κ3) is 6.43. The predicted molar refractivity (Wildman–Crippen MR) is 143 cm³/mol. The van der Waals surface area contributed by atoms with Crippen molar-refractivity contribution in [1.29, 1.82) is 0 Å². The Balaban J connectivity index is 1.55. The van der Waals surface area contributed by atoms with Gasteiger partial charge in [-0.15, -0.1) is 0 Å². The molecule has 2 atom stereocenters. The molecule has 1 aromatic heterocycles. The molecule has 4 rings (SSSR count). The highest BCUT2D eigenvalue weighted by Gasteiger charge is 2.63. The van der Waals surface area contributed by atoms with Crippen molar-refractivity contribution in [2.75, 3.05) is 13.2 Å². The van der Waals surface area contributed by atoms with Crippen molar-refractivity contribution < 1.29 is 38.0 Å². The molecule has 14 heteroatoms. The van der Waals surface area contributed by atoms with E-state index in [0.717, 1.165) is 38.5 Å². The van der Waals surface area contributed by atoms with E-state index in [9.17, 15) is 34.1 Å². The van der Waals surface area contributed by atoms with Crippen LogP contribution in [0.3, 0.4) is 0 Å². The standard InChI is InChI=1S/C25H35N3O9P2/c29-25(19-27-15-14-26-20-27)38(32,33)36-17-22(18-37-39(25,34)35)16-21-8-10-23(11-9-21)24(28(30)31)12-6-4-2-1-3-5-7-13-24/h8-11,14-16,20,29H,1-7,12-13,17-19H2,(H,32,33)(H,34,35). The van der Waals surface area contributed by atoms with Crippen molar-refractivity contribution in [2.45, 2.75) is 75.0 Å². The molecule has 0 spiro atoms. The number of nitro groups is 1. The van der Waals surface area contributed by atoms with Crippen LogP contribution in [0.5, 0.6) is 0 Å². The molecule has 12 nitrogen and oxygen atoms in total. The molecule has 39 heavy (non-hydrogen) atoms. The van der Waals surface area contributed by atoms with E-state index in [1.54, 1.807) is 30.3 Å². The fourth-order valence-electron chi connectivity index (χ4n) is 5.18. The number of hydrogen-bond acceptors (Lipinski definition) is 8. The maximum absolute atomic E-state index is 13.0. The van der Waals surface area contributed by atoms with Crippen LogP contribution in [0, 0.1) is 10.1 Å². The third-order valence-corrected chi connectivity index (χ3v) is 12.1. The molecule has 0 radical (unpaired) electrons. The number of benzene rings is 1. The van der Waals surface area contributed by atoms with Crippen LogP contribution in [0.2, 0.25) is 0 Å². The predicted octanol–water partition coefficient (Wildman–Crippen LogP) is 5.03. The Morgan fingerprint density at radius 3 is 2.00 bits per heavy atom. The smallest absolute Gasteiger partial charge is 0.366 e. The van der Waals surface area contributed by atoms with Gasteiger partial charge in [0, 0.05) is 35.7 Å². The summed E-state index contributed by atoms with van der Waals surface area (Å²) in [5, 5.41) is 20.1. The molecule has 1 saturated carbocycles. The van der Waals surface area contributed by atoms with E-state index in [0.29, 0.717) is 24.0 Å². The quantitative estimate of drug-likeness (QED) is 0.246. The highest BCUT2D eigenvalue weighted by molar-refractivity contribution is 7.73. The first-order valence-corrected chi connectivity index (χ1v) is 16.2. The molecule has 0 amide bonds. The van der Waals surface area contributed by atoms with Gasteiger partial charge in [-0.3, -0.25) is 19.2 Å². The summed E-state index contributed by atoms with van der Waals surface area (Å²) in [6.45, 7) is -1.63. The Hall–Kier alpha value is -2.17. The van der Waals surface area contributed by atoms with Crippen molar-refractivity contribution in [3.63, 3.8) is 0 Å². The van der Waals surface area contributed by atoms with Crippen LogP contribution in [-0.4, -0.2) is 47.7 Å². The van der Waals surface area contributed by atoms with Crippen LogP contribution in [0.25, 0.3) is 6.08 Å². The lowest BCUT2D eigenvalue weighted by molar-refractivity contribution is -0.582. The zero-order valence-corrected chi connectivity index (χ0v) is 23.4.